The number of carbonyl (C=O) groups excluding carboxylic acids is 1. The zero-order chi connectivity index (χ0) is 21.5. The van der Waals surface area contributed by atoms with Crippen LogP contribution in [0.5, 0.6) is 11.5 Å². The Morgan fingerprint density at radius 2 is 1.83 bits per heavy atom. The molecule has 5 nitrogen and oxygen atoms in total. The van der Waals surface area contributed by atoms with Crippen LogP contribution in [-0.4, -0.2) is 42.1 Å². The van der Waals surface area contributed by atoms with Crippen LogP contribution in [0.3, 0.4) is 0 Å². The zero-order valence-electron chi connectivity index (χ0n) is 18.0. The Hall–Kier alpha value is -2.60. The number of hydrogen-bond acceptors (Lipinski definition) is 4. The molecular formula is C24H30N2O3S. The minimum Gasteiger partial charge on any atom is -0.490 e. The van der Waals surface area contributed by atoms with E-state index in [0.29, 0.717) is 18.1 Å². The van der Waals surface area contributed by atoms with Gasteiger partial charge >= 0.3 is 0 Å². The van der Waals surface area contributed by atoms with Crippen molar-refractivity contribution in [2.45, 2.75) is 40.0 Å². The highest BCUT2D eigenvalue weighted by molar-refractivity contribution is 7.80. The molecule has 30 heavy (non-hydrogen) atoms. The van der Waals surface area contributed by atoms with Crippen LogP contribution in [0.25, 0.3) is 0 Å². The Morgan fingerprint density at radius 3 is 2.57 bits per heavy atom. The van der Waals surface area contributed by atoms with Gasteiger partial charge in [0.05, 0.1) is 6.61 Å². The maximum atomic E-state index is 12.4. The van der Waals surface area contributed by atoms with Crippen molar-refractivity contribution in [3.8, 4) is 11.5 Å². The molecular weight excluding hydrogens is 396 g/mol. The molecule has 1 aliphatic heterocycles. The van der Waals surface area contributed by atoms with Crippen LogP contribution in [-0.2, 0) is 4.79 Å². The second-order valence-electron chi connectivity index (χ2n) is 7.53. The lowest BCUT2D eigenvalue weighted by molar-refractivity contribution is -0.118. The van der Waals surface area contributed by atoms with Gasteiger partial charge in [0.2, 0.25) is 0 Å². The molecule has 0 bridgehead atoms. The number of carbonyl (C=O) groups is 1. The number of aryl methyl sites for hydroxylation is 1. The summed E-state index contributed by atoms with van der Waals surface area (Å²) in [7, 11) is 0. The normalized spacial score (nSPS) is 13.6. The number of rotatable bonds is 7. The van der Waals surface area contributed by atoms with E-state index in [1.807, 2.05) is 57.2 Å². The molecule has 6 heteroatoms. The van der Waals surface area contributed by atoms with Crippen molar-refractivity contribution < 1.29 is 14.3 Å². The molecule has 160 valence electrons. The number of thiocarbonyl (C=S) groups is 1. The summed E-state index contributed by atoms with van der Waals surface area (Å²) in [6, 6.07) is 11.5. The second-order valence-corrected chi connectivity index (χ2v) is 7.92. The van der Waals surface area contributed by atoms with E-state index in [4.69, 9.17) is 21.7 Å². The molecule has 1 aliphatic rings. The van der Waals surface area contributed by atoms with Crippen LogP contribution in [0.15, 0.2) is 36.4 Å². The fourth-order valence-corrected chi connectivity index (χ4v) is 3.83. The molecule has 1 fully saturated rings. The first-order valence-electron chi connectivity index (χ1n) is 10.5. The average molecular weight is 427 g/mol. The van der Waals surface area contributed by atoms with Gasteiger partial charge in [0.15, 0.2) is 18.1 Å². The molecule has 0 atom stereocenters. The van der Waals surface area contributed by atoms with E-state index >= 15 is 0 Å². The van der Waals surface area contributed by atoms with Gasteiger partial charge in [-0.05, 0) is 75.4 Å². The first-order valence-corrected chi connectivity index (χ1v) is 11.0. The Labute approximate surface area is 184 Å². The molecule has 1 amide bonds. The number of amides is 1. The van der Waals surface area contributed by atoms with E-state index in [-0.39, 0.29) is 12.5 Å². The van der Waals surface area contributed by atoms with Gasteiger partial charge in [0.25, 0.3) is 5.91 Å². The average Bonchev–Trinajstić information content (AvgIpc) is 2.76. The molecule has 0 spiro atoms. The fraction of sp³-hybridized carbons (Fsp3) is 0.417. The topological polar surface area (TPSA) is 50.8 Å². The summed E-state index contributed by atoms with van der Waals surface area (Å²) >= 11 is 5.69. The minimum absolute atomic E-state index is 0.0939. The van der Waals surface area contributed by atoms with E-state index in [2.05, 4.69) is 10.2 Å². The number of nitrogens with zero attached hydrogens (tertiary/aromatic N) is 1. The van der Waals surface area contributed by atoms with Gasteiger partial charge in [0.1, 0.15) is 4.99 Å². The predicted molar refractivity (Wildman–Crippen MR) is 125 cm³/mol. The largest absolute Gasteiger partial charge is 0.490 e. The molecule has 2 aromatic carbocycles. The number of anilines is 1. The summed E-state index contributed by atoms with van der Waals surface area (Å²) in [4.78, 5) is 15.5. The van der Waals surface area contributed by atoms with Gasteiger partial charge in [-0.3, -0.25) is 4.79 Å². The van der Waals surface area contributed by atoms with Crippen LogP contribution in [0.1, 0.15) is 42.9 Å². The number of nitrogens with one attached hydrogen (secondary N) is 1. The molecule has 0 saturated carbocycles. The van der Waals surface area contributed by atoms with E-state index in [0.717, 1.165) is 40.5 Å². The van der Waals surface area contributed by atoms with Crippen LogP contribution in [0.4, 0.5) is 5.69 Å². The van der Waals surface area contributed by atoms with Gasteiger partial charge in [-0.1, -0.05) is 24.4 Å². The predicted octanol–water partition coefficient (Wildman–Crippen LogP) is 4.88. The summed E-state index contributed by atoms with van der Waals surface area (Å²) < 4.78 is 11.5. The standard InChI is InChI=1S/C24H30N2O3S/c1-4-28-22-15-19(24(30)26-13-6-5-7-14-26)11-12-21(22)29-16-23(27)25-20-10-8-9-17(2)18(20)3/h8-12,15H,4-7,13-14,16H2,1-3H3,(H,25,27). The summed E-state index contributed by atoms with van der Waals surface area (Å²) in [5, 5.41) is 2.91. The second kappa shape index (κ2) is 10.4. The smallest absolute Gasteiger partial charge is 0.262 e. The molecule has 2 aromatic rings. The molecule has 3 rings (SSSR count). The van der Waals surface area contributed by atoms with Crippen LogP contribution >= 0.6 is 12.2 Å². The molecule has 0 radical (unpaired) electrons. The molecule has 1 saturated heterocycles. The minimum atomic E-state index is -0.209. The van der Waals surface area contributed by atoms with Crippen LogP contribution in [0, 0.1) is 13.8 Å². The van der Waals surface area contributed by atoms with Crippen molar-refractivity contribution in [2.75, 3.05) is 31.6 Å². The highest BCUT2D eigenvalue weighted by Gasteiger charge is 2.17. The van der Waals surface area contributed by atoms with Gasteiger partial charge in [-0.15, -0.1) is 0 Å². The zero-order valence-corrected chi connectivity index (χ0v) is 18.8. The van der Waals surface area contributed by atoms with E-state index in [1.54, 1.807) is 0 Å². The van der Waals surface area contributed by atoms with Gasteiger partial charge in [-0.25, -0.2) is 0 Å². The van der Waals surface area contributed by atoms with E-state index < -0.39 is 0 Å². The van der Waals surface area contributed by atoms with Gasteiger partial charge < -0.3 is 19.7 Å². The van der Waals surface area contributed by atoms with Crippen molar-refractivity contribution in [1.29, 1.82) is 0 Å². The molecule has 1 N–H and O–H groups in total. The van der Waals surface area contributed by atoms with Crippen molar-refractivity contribution >= 4 is 28.8 Å². The monoisotopic (exact) mass is 426 g/mol. The SMILES string of the molecule is CCOc1cc(C(=S)N2CCCCC2)ccc1OCC(=O)Nc1cccc(C)c1C. The summed E-state index contributed by atoms with van der Waals surface area (Å²) in [6.07, 6.45) is 3.62. The first kappa shape index (κ1) is 22.1. The Bertz CT molecular complexity index is 907. The van der Waals surface area contributed by atoms with Gasteiger partial charge in [0, 0.05) is 24.3 Å². The maximum absolute atomic E-state index is 12.4. The van der Waals surface area contributed by atoms with Crippen molar-refractivity contribution in [1.82, 2.24) is 4.90 Å². The highest BCUT2D eigenvalue weighted by atomic mass is 32.1. The molecule has 1 heterocycles. The van der Waals surface area contributed by atoms with Crippen molar-refractivity contribution in [3.05, 3.63) is 53.1 Å². The fourth-order valence-electron chi connectivity index (χ4n) is 3.52. The van der Waals surface area contributed by atoms with Crippen molar-refractivity contribution in [2.24, 2.45) is 0 Å². The van der Waals surface area contributed by atoms with Gasteiger partial charge in [-0.2, -0.15) is 0 Å². The number of benzene rings is 2. The van der Waals surface area contributed by atoms with Crippen molar-refractivity contribution in [3.63, 3.8) is 0 Å². The number of ether oxygens (including phenoxy) is 2. The lowest BCUT2D eigenvalue weighted by atomic mass is 10.1. The Balaban J connectivity index is 1.66. The third-order valence-electron chi connectivity index (χ3n) is 5.37. The lowest BCUT2D eigenvalue weighted by Crippen LogP contribution is -2.34. The number of likely N-dealkylation sites (tertiary alicyclic amines) is 1. The Morgan fingerprint density at radius 1 is 1.07 bits per heavy atom. The summed E-state index contributed by atoms with van der Waals surface area (Å²) in [5.74, 6) is 0.936. The molecule has 0 aliphatic carbocycles. The maximum Gasteiger partial charge on any atom is 0.262 e. The van der Waals surface area contributed by atoms with Crippen LogP contribution < -0.4 is 14.8 Å². The van der Waals surface area contributed by atoms with E-state index in [1.165, 1.54) is 19.3 Å². The third-order valence-corrected chi connectivity index (χ3v) is 5.87. The summed E-state index contributed by atoms with van der Waals surface area (Å²) in [5.41, 5.74) is 3.93. The Kier molecular flexibility index (Phi) is 7.69. The molecule has 0 unspecified atom stereocenters. The molecule has 0 aromatic heterocycles. The lowest BCUT2D eigenvalue weighted by Gasteiger charge is -2.29. The highest BCUT2D eigenvalue weighted by Crippen LogP contribution is 2.30. The quantitative estimate of drug-likeness (QED) is 0.640. The van der Waals surface area contributed by atoms with Crippen LogP contribution in [0.2, 0.25) is 0 Å². The number of piperidine rings is 1. The number of hydrogen-bond donors (Lipinski definition) is 1. The third kappa shape index (κ3) is 5.51. The van der Waals surface area contributed by atoms with E-state index in [9.17, 15) is 4.79 Å². The summed E-state index contributed by atoms with van der Waals surface area (Å²) in [6.45, 7) is 8.34. The first-order chi connectivity index (χ1) is 14.5.